The molecule has 0 aromatic rings. The van der Waals surface area contributed by atoms with E-state index in [2.05, 4.69) is 36.7 Å². The molecule has 1 rings (SSSR count). The second kappa shape index (κ2) is 5.65. The lowest BCUT2D eigenvalue weighted by atomic mass is 9.83. The quantitative estimate of drug-likeness (QED) is 0.718. The Bertz CT molecular complexity index is 186. The van der Waals surface area contributed by atoms with Crippen LogP contribution in [0.15, 0.2) is 0 Å². The fraction of sp³-hybridized carbons (Fsp3) is 1.00. The molecule has 0 bridgehead atoms. The van der Waals surface area contributed by atoms with Crippen LogP contribution in [-0.4, -0.2) is 30.8 Å². The summed E-state index contributed by atoms with van der Waals surface area (Å²) in [6, 6.07) is 0. The van der Waals surface area contributed by atoms with E-state index < -0.39 is 0 Å². The minimum atomic E-state index is 0.00741. The monoisotopic (exact) mass is 278 g/mol. The maximum atomic E-state index is 6.03. The molecule has 1 aliphatic rings. The number of rotatable bonds is 5. The molecule has 0 aromatic heterocycles. The highest BCUT2D eigenvalue weighted by Crippen LogP contribution is 2.34. The van der Waals surface area contributed by atoms with Gasteiger partial charge in [-0.3, -0.25) is 0 Å². The van der Waals surface area contributed by atoms with Gasteiger partial charge in [-0.25, -0.2) is 0 Å². The summed E-state index contributed by atoms with van der Waals surface area (Å²) >= 11 is 3.62. The van der Waals surface area contributed by atoms with E-state index in [-0.39, 0.29) is 5.60 Å². The average molecular weight is 279 g/mol. The highest BCUT2D eigenvalue weighted by molar-refractivity contribution is 9.09. The third kappa shape index (κ3) is 4.04. The normalized spacial score (nSPS) is 21.6. The van der Waals surface area contributed by atoms with Gasteiger partial charge in [-0.1, -0.05) is 22.9 Å². The predicted molar refractivity (Wildman–Crippen MR) is 66.6 cm³/mol. The molecular weight excluding hydrogens is 256 g/mol. The Morgan fingerprint density at radius 2 is 1.93 bits per heavy atom. The Hall–Kier alpha value is 0.400. The Labute approximate surface area is 102 Å². The Balaban J connectivity index is 2.45. The second-order valence-corrected chi connectivity index (χ2v) is 5.71. The van der Waals surface area contributed by atoms with Gasteiger partial charge in [0.05, 0.1) is 12.2 Å². The molecule has 3 heteroatoms. The molecule has 0 aromatic carbocycles. The van der Waals surface area contributed by atoms with Gasteiger partial charge in [-0.05, 0) is 33.1 Å². The van der Waals surface area contributed by atoms with Crippen LogP contribution in [0.1, 0.15) is 40.0 Å². The summed E-state index contributed by atoms with van der Waals surface area (Å²) in [7, 11) is 0. The van der Waals surface area contributed by atoms with E-state index in [9.17, 15) is 0 Å². The number of ether oxygens (including phenoxy) is 2. The first-order chi connectivity index (χ1) is 7.04. The van der Waals surface area contributed by atoms with Crippen molar-refractivity contribution in [2.45, 2.75) is 45.6 Å². The molecule has 0 spiro atoms. The van der Waals surface area contributed by atoms with Gasteiger partial charge in [-0.15, -0.1) is 0 Å². The van der Waals surface area contributed by atoms with E-state index in [1.807, 2.05) is 0 Å². The van der Waals surface area contributed by atoms with Crippen molar-refractivity contribution in [3.63, 3.8) is 0 Å². The average Bonchev–Trinajstić information content (AvgIpc) is 2.28. The molecule has 0 saturated carbocycles. The first kappa shape index (κ1) is 13.5. The maximum Gasteiger partial charge on any atom is 0.0624 e. The molecular formula is C12H23BrO2. The number of alkyl halides is 1. The van der Waals surface area contributed by atoms with Crippen LogP contribution in [0, 0.1) is 5.41 Å². The van der Waals surface area contributed by atoms with E-state index in [1.165, 1.54) is 0 Å². The molecule has 0 radical (unpaired) electrons. The van der Waals surface area contributed by atoms with Crippen molar-refractivity contribution < 1.29 is 9.47 Å². The molecule has 1 saturated heterocycles. The topological polar surface area (TPSA) is 18.5 Å². The van der Waals surface area contributed by atoms with Crippen molar-refractivity contribution in [2.75, 3.05) is 25.2 Å². The van der Waals surface area contributed by atoms with Gasteiger partial charge in [-0.2, -0.15) is 0 Å². The lowest BCUT2D eigenvalue weighted by molar-refractivity contribution is -0.0876. The Morgan fingerprint density at radius 1 is 1.33 bits per heavy atom. The molecule has 2 nitrogen and oxygen atoms in total. The van der Waals surface area contributed by atoms with Gasteiger partial charge in [0.2, 0.25) is 0 Å². The summed E-state index contributed by atoms with van der Waals surface area (Å²) in [6.45, 7) is 9.10. The van der Waals surface area contributed by atoms with E-state index in [1.54, 1.807) is 0 Å². The van der Waals surface area contributed by atoms with Crippen molar-refractivity contribution in [1.29, 1.82) is 0 Å². The number of halogens is 1. The summed E-state index contributed by atoms with van der Waals surface area (Å²) < 4.78 is 11.4. The van der Waals surface area contributed by atoms with Gasteiger partial charge < -0.3 is 9.47 Å². The molecule has 0 aliphatic carbocycles. The predicted octanol–water partition coefficient (Wildman–Crippen LogP) is 3.38. The van der Waals surface area contributed by atoms with Crippen LogP contribution in [-0.2, 0) is 9.47 Å². The van der Waals surface area contributed by atoms with E-state index >= 15 is 0 Å². The molecule has 1 heterocycles. The van der Waals surface area contributed by atoms with E-state index in [0.717, 1.165) is 44.4 Å². The van der Waals surface area contributed by atoms with E-state index in [0.29, 0.717) is 5.41 Å². The Kier molecular flexibility index (Phi) is 5.07. The zero-order valence-corrected chi connectivity index (χ0v) is 11.7. The van der Waals surface area contributed by atoms with Crippen LogP contribution in [0.3, 0.4) is 0 Å². The van der Waals surface area contributed by atoms with Crippen LogP contribution in [0.25, 0.3) is 0 Å². The fourth-order valence-electron chi connectivity index (χ4n) is 1.57. The molecule has 0 N–H and O–H groups in total. The highest BCUT2D eigenvalue weighted by Gasteiger charge is 2.33. The molecule has 0 unspecified atom stereocenters. The number of hydrogen-bond acceptors (Lipinski definition) is 2. The first-order valence-corrected chi connectivity index (χ1v) is 6.93. The van der Waals surface area contributed by atoms with Crippen LogP contribution >= 0.6 is 15.9 Å². The zero-order chi connectivity index (χ0) is 11.4. The molecule has 1 fully saturated rings. The van der Waals surface area contributed by atoms with Gasteiger partial charge in [0, 0.05) is 24.0 Å². The summed E-state index contributed by atoms with van der Waals surface area (Å²) in [5.41, 5.74) is 0.304. The third-order valence-electron chi connectivity index (χ3n) is 3.46. The fourth-order valence-corrected chi connectivity index (χ4v) is 2.29. The van der Waals surface area contributed by atoms with Crippen molar-refractivity contribution >= 4 is 15.9 Å². The number of hydrogen-bond donors (Lipinski definition) is 0. The highest BCUT2D eigenvalue weighted by atomic mass is 79.9. The maximum absolute atomic E-state index is 6.03. The molecule has 90 valence electrons. The largest absolute Gasteiger partial charge is 0.381 e. The molecule has 0 atom stereocenters. The van der Waals surface area contributed by atoms with Gasteiger partial charge in [0.25, 0.3) is 0 Å². The van der Waals surface area contributed by atoms with Crippen LogP contribution < -0.4 is 0 Å². The zero-order valence-electron chi connectivity index (χ0n) is 10.1. The van der Waals surface area contributed by atoms with Gasteiger partial charge in [0.1, 0.15) is 0 Å². The summed E-state index contributed by atoms with van der Waals surface area (Å²) in [5.74, 6) is 0. The standard InChI is InChI=1S/C12H23BrO2/c1-4-11(2,3)15-10-12(9-13)5-7-14-8-6-12/h4-10H2,1-3H3. The Morgan fingerprint density at radius 3 is 2.40 bits per heavy atom. The van der Waals surface area contributed by atoms with E-state index in [4.69, 9.17) is 9.47 Å². The summed E-state index contributed by atoms with van der Waals surface area (Å²) in [6.07, 6.45) is 3.28. The van der Waals surface area contributed by atoms with Crippen molar-refractivity contribution in [1.82, 2.24) is 0 Å². The smallest absolute Gasteiger partial charge is 0.0624 e. The lowest BCUT2D eigenvalue weighted by Gasteiger charge is -2.38. The van der Waals surface area contributed by atoms with Gasteiger partial charge >= 0.3 is 0 Å². The van der Waals surface area contributed by atoms with Crippen LogP contribution in [0.4, 0.5) is 0 Å². The SMILES string of the molecule is CCC(C)(C)OCC1(CBr)CCOCC1. The van der Waals surface area contributed by atoms with Crippen molar-refractivity contribution in [3.05, 3.63) is 0 Å². The third-order valence-corrected chi connectivity index (χ3v) is 4.65. The lowest BCUT2D eigenvalue weighted by Crippen LogP contribution is -2.39. The molecule has 1 aliphatic heterocycles. The van der Waals surface area contributed by atoms with Crippen LogP contribution in [0.2, 0.25) is 0 Å². The van der Waals surface area contributed by atoms with Crippen molar-refractivity contribution in [3.8, 4) is 0 Å². The summed E-state index contributed by atoms with van der Waals surface area (Å²) in [5, 5.41) is 1.02. The van der Waals surface area contributed by atoms with Crippen molar-refractivity contribution in [2.24, 2.45) is 5.41 Å². The molecule has 0 amide bonds. The van der Waals surface area contributed by atoms with Crippen LogP contribution in [0.5, 0.6) is 0 Å². The minimum Gasteiger partial charge on any atom is -0.381 e. The minimum absolute atomic E-state index is 0.00741. The second-order valence-electron chi connectivity index (χ2n) is 5.15. The van der Waals surface area contributed by atoms with Gasteiger partial charge in [0.15, 0.2) is 0 Å². The first-order valence-electron chi connectivity index (χ1n) is 5.81. The molecule has 15 heavy (non-hydrogen) atoms. The summed E-state index contributed by atoms with van der Waals surface area (Å²) in [4.78, 5) is 0.